The number of hydrogen-bond acceptors (Lipinski definition) is 2. The van der Waals surface area contributed by atoms with Crippen molar-refractivity contribution in [2.75, 3.05) is 6.54 Å². The Kier molecular flexibility index (Phi) is 5.23. The number of nitrogens with zero attached hydrogens (tertiary/aromatic N) is 1. The summed E-state index contributed by atoms with van der Waals surface area (Å²) in [6.07, 6.45) is 10.6. The summed E-state index contributed by atoms with van der Waals surface area (Å²) < 4.78 is 0. The van der Waals surface area contributed by atoms with E-state index in [9.17, 15) is 14.7 Å². The molecule has 1 aliphatic heterocycles. The number of hydrogen-bond donors (Lipinski definition) is 1. The van der Waals surface area contributed by atoms with Gasteiger partial charge < -0.3 is 10.0 Å². The standard InChI is InChI=1S/C15H25NO3/c17-14(16-11-7-10-13(16)15(18)19)12-8-5-3-1-2-4-6-9-12/h12-13H,1-11H2,(H,18,19)/t13-/m0/s1. The molecule has 2 rings (SSSR count). The van der Waals surface area contributed by atoms with E-state index in [-0.39, 0.29) is 11.8 Å². The van der Waals surface area contributed by atoms with Gasteiger partial charge >= 0.3 is 5.97 Å². The van der Waals surface area contributed by atoms with Crippen LogP contribution >= 0.6 is 0 Å². The molecule has 0 radical (unpaired) electrons. The summed E-state index contributed by atoms with van der Waals surface area (Å²) in [5.41, 5.74) is 0. The SMILES string of the molecule is O=C(O)[C@@H]1CCCN1C(=O)C1CCCCCCCC1. The Morgan fingerprint density at radius 1 is 0.842 bits per heavy atom. The van der Waals surface area contributed by atoms with Crippen LogP contribution < -0.4 is 0 Å². The number of likely N-dealkylation sites (tertiary alicyclic amines) is 1. The quantitative estimate of drug-likeness (QED) is 0.837. The highest BCUT2D eigenvalue weighted by Gasteiger charge is 2.36. The molecule has 0 bridgehead atoms. The van der Waals surface area contributed by atoms with Crippen LogP contribution in [0.1, 0.15) is 64.2 Å². The zero-order valence-electron chi connectivity index (χ0n) is 11.6. The smallest absolute Gasteiger partial charge is 0.326 e. The lowest BCUT2D eigenvalue weighted by Gasteiger charge is -2.26. The molecule has 4 heteroatoms. The highest BCUT2D eigenvalue weighted by molar-refractivity contribution is 5.85. The largest absolute Gasteiger partial charge is 0.480 e. The lowest BCUT2D eigenvalue weighted by Crippen LogP contribution is -2.43. The Morgan fingerprint density at radius 2 is 1.42 bits per heavy atom. The number of amides is 1. The van der Waals surface area contributed by atoms with Crippen LogP contribution in [0.2, 0.25) is 0 Å². The van der Waals surface area contributed by atoms with Gasteiger partial charge in [-0.25, -0.2) is 4.79 Å². The van der Waals surface area contributed by atoms with Crippen molar-refractivity contribution in [1.82, 2.24) is 4.90 Å². The third kappa shape index (κ3) is 3.71. The van der Waals surface area contributed by atoms with E-state index >= 15 is 0 Å². The summed E-state index contributed by atoms with van der Waals surface area (Å²) in [6, 6.07) is -0.569. The van der Waals surface area contributed by atoms with Crippen LogP contribution in [0.5, 0.6) is 0 Å². The van der Waals surface area contributed by atoms with Crippen LogP contribution in [0.25, 0.3) is 0 Å². The summed E-state index contributed by atoms with van der Waals surface area (Å²) in [4.78, 5) is 25.4. The first-order chi connectivity index (χ1) is 9.20. The summed E-state index contributed by atoms with van der Waals surface area (Å²) in [7, 11) is 0. The van der Waals surface area contributed by atoms with Crippen LogP contribution in [0.15, 0.2) is 0 Å². The maximum Gasteiger partial charge on any atom is 0.326 e. The van der Waals surface area contributed by atoms with Gasteiger partial charge in [-0.2, -0.15) is 0 Å². The molecule has 1 atom stereocenters. The minimum atomic E-state index is -0.839. The number of carboxylic acids is 1. The molecular weight excluding hydrogens is 242 g/mol. The third-order valence-corrected chi connectivity index (χ3v) is 4.53. The normalized spacial score (nSPS) is 26.5. The fourth-order valence-corrected chi connectivity index (χ4v) is 3.40. The van der Waals surface area contributed by atoms with Gasteiger partial charge in [-0.1, -0.05) is 38.5 Å². The second-order valence-electron chi connectivity index (χ2n) is 5.92. The average Bonchev–Trinajstić information content (AvgIpc) is 2.91. The number of carbonyl (C=O) groups is 2. The van der Waals surface area contributed by atoms with Crippen molar-refractivity contribution in [2.45, 2.75) is 70.3 Å². The molecule has 108 valence electrons. The van der Waals surface area contributed by atoms with Crippen molar-refractivity contribution in [3.8, 4) is 0 Å². The maximum atomic E-state index is 12.6. The molecule has 1 saturated heterocycles. The molecule has 4 nitrogen and oxygen atoms in total. The molecule has 0 aromatic rings. The first kappa shape index (κ1) is 14.4. The van der Waals surface area contributed by atoms with Crippen LogP contribution in [0, 0.1) is 5.92 Å². The summed E-state index contributed by atoms with van der Waals surface area (Å²) in [5.74, 6) is -0.668. The molecule has 2 fully saturated rings. The van der Waals surface area contributed by atoms with E-state index in [1.54, 1.807) is 4.90 Å². The third-order valence-electron chi connectivity index (χ3n) is 4.53. The molecule has 1 heterocycles. The molecule has 0 aromatic carbocycles. The second-order valence-corrected chi connectivity index (χ2v) is 5.92. The minimum Gasteiger partial charge on any atom is -0.480 e. The van der Waals surface area contributed by atoms with E-state index in [4.69, 9.17) is 0 Å². The van der Waals surface area contributed by atoms with Crippen LogP contribution in [-0.2, 0) is 9.59 Å². The van der Waals surface area contributed by atoms with E-state index < -0.39 is 12.0 Å². The highest BCUT2D eigenvalue weighted by atomic mass is 16.4. The van der Waals surface area contributed by atoms with Crippen molar-refractivity contribution in [2.24, 2.45) is 5.92 Å². The van der Waals surface area contributed by atoms with Crippen molar-refractivity contribution < 1.29 is 14.7 Å². The zero-order valence-corrected chi connectivity index (χ0v) is 11.6. The second kappa shape index (κ2) is 6.92. The number of rotatable bonds is 2. The number of carbonyl (C=O) groups excluding carboxylic acids is 1. The molecule has 0 unspecified atom stereocenters. The maximum absolute atomic E-state index is 12.6. The monoisotopic (exact) mass is 267 g/mol. The van der Waals surface area contributed by atoms with E-state index in [0.717, 1.165) is 32.1 Å². The first-order valence-corrected chi connectivity index (χ1v) is 7.73. The molecule has 1 amide bonds. The molecule has 1 saturated carbocycles. The van der Waals surface area contributed by atoms with Gasteiger partial charge in [-0.3, -0.25) is 4.79 Å². The van der Waals surface area contributed by atoms with Gasteiger partial charge in [0, 0.05) is 12.5 Å². The van der Waals surface area contributed by atoms with Crippen molar-refractivity contribution in [3.05, 3.63) is 0 Å². The Morgan fingerprint density at radius 3 is 2.00 bits per heavy atom. The fraction of sp³-hybridized carbons (Fsp3) is 0.867. The van der Waals surface area contributed by atoms with Crippen LogP contribution in [-0.4, -0.2) is 34.5 Å². The van der Waals surface area contributed by atoms with E-state index in [1.165, 1.54) is 25.7 Å². The van der Waals surface area contributed by atoms with E-state index in [1.807, 2.05) is 0 Å². The van der Waals surface area contributed by atoms with Crippen LogP contribution in [0.4, 0.5) is 0 Å². The molecule has 1 N–H and O–H groups in total. The predicted octanol–water partition coefficient (Wildman–Crippen LogP) is 2.81. The van der Waals surface area contributed by atoms with Crippen molar-refractivity contribution >= 4 is 11.9 Å². The van der Waals surface area contributed by atoms with Crippen LogP contribution in [0.3, 0.4) is 0 Å². The number of carboxylic acid groups (broad SMARTS) is 1. The van der Waals surface area contributed by atoms with Gasteiger partial charge in [0.15, 0.2) is 0 Å². The van der Waals surface area contributed by atoms with Gasteiger partial charge in [0.05, 0.1) is 0 Å². The van der Waals surface area contributed by atoms with Gasteiger partial charge in [0.1, 0.15) is 6.04 Å². The molecule has 19 heavy (non-hydrogen) atoms. The van der Waals surface area contributed by atoms with E-state index in [0.29, 0.717) is 13.0 Å². The predicted molar refractivity (Wildman–Crippen MR) is 72.8 cm³/mol. The van der Waals surface area contributed by atoms with Gasteiger partial charge in [-0.05, 0) is 25.7 Å². The summed E-state index contributed by atoms with van der Waals surface area (Å²) in [6.45, 7) is 0.631. The summed E-state index contributed by atoms with van der Waals surface area (Å²) in [5, 5.41) is 9.18. The lowest BCUT2D eigenvalue weighted by molar-refractivity contribution is -0.150. The Labute approximate surface area is 115 Å². The Bertz CT molecular complexity index is 319. The van der Waals surface area contributed by atoms with Crippen molar-refractivity contribution in [3.63, 3.8) is 0 Å². The zero-order chi connectivity index (χ0) is 13.7. The fourth-order valence-electron chi connectivity index (χ4n) is 3.40. The molecule has 0 aromatic heterocycles. The van der Waals surface area contributed by atoms with Gasteiger partial charge in [0.2, 0.25) is 5.91 Å². The van der Waals surface area contributed by atoms with E-state index in [2.05, 4.69) is 0 Å². The topological polar surface area (TPSA) is 57.6 Å². The minimum absolute atomic E-state index is 0.0676. The van der Waals surface area contributed by atoms with Gasteiger partial charge in [0.25, 0.3) is 0 Å². The molecular formula is C15H25NO3. The molecule has 1 aliphatic carbocycles. The van der Waals surface area contributed by atoms with Crippen molar-refractivity contribution in [1.29, 1.82) is 0 Å². The average molecular weight is 267 g/mol. The molecule has 2 aliphatic rings. The Balaban J connectivity index is 1.97. The highest BCUT2D eigenvalue weighted by Crippen LogP contribution is 2.27. The molecule has 0 spiro atoms. The van der Waals surface area contributed by atoms with Gasteiger partial charge in [-0.15, -0.1) is 0 Å². The lowest BCUT2D eigenvalue weighted by atomic mass is 9.95. The Hall–Kier alpha value is -1.06. The first-order valence-electron chi connectivity index (χ1n) is 7.73. The summed E-state index contributed by atoms with van der Waals surface area (Å²) >= 11 is 0. The number of aliphatic carboxylic acids is 1.